The number of carbonyl (C=O) groups is 2. The van der Waals surface area contributed by atoms with Gasteiger partial charge in [0.15, 0.2) is 0 Å². The van der Waals surface area contributed by atoms with Crippen LogP contribution in [0, 0.1) is 0 Å². The summed E-state index contributed by atoms with van der Waals surface area (Å²) in [6.45, 7) is 2.25. The number of carbonyl (C=O) groups excluding carboxylic acids is 2. The number of piperidine rings is 1. The van der Waals surface area contributed by atoms with Crippen molar-refractivity contribution < 1.29 is 9.59 Å². The zero-order valence-electron chi connectivity index (χ0n) is 12.8. The molecule has 0 saturated carbocycles. The third-order valence-corrected chi connectivity index (χ3v) is 4.75. The second kappa shape index (κ2) is 6.48. The van der Waals surface area contributed by atoms with Crippen LogP contribution in [0.15, 0.2) is 30.3 Å². The normalized spacial score (nSPS) is 21.2. The summed E-state index contributed by atoms with van der Waals surface area (Å²) in [4.78, 5) is 28.2. The monoisotopic (exact) mass is 301 g/mol. The highest BCUT2D eigenvalue weighted by molar-refractivity contribution is 5.83. The predicted molar refractivity (Wildman–Crippen MR) is 83.9 cm³/mol. The van der Waals surface area contributed by atoms with Crippen LogP contribution in [0.3, 0.4) is 0 Å². The third-order valence-electron chi connectivity index (χ3n) is 4.75. The van der Waals surface area contributed by atoms with Gasteiger partial charge in [-0.05, 0) is 24.8 Å². The molecular formula is C17H23N3O2. The van der Waals surface area contributed by atoms with Crippen molar-refractivity contribution in [2.45, 2.75) is 37.8 Å². The van der Waals surface area contributed by atoms with Gasteiger partial charge in [0.1, 0.15) is 6.04 Å². The van der Waals surface area contributed by atoms with E-state index >= 15 is 0 Å². The van der Waals surface area contributed by atoms with E-state index in [0.717, 1.165) is 31.4 Å². The Morgan fingerprint density at radius 3 is 2.41 bits per heavy atom. The van der Waals surface area contributed by atoms with Crippen molar-refractivity contribution in [1.29, 1.82) is 0 Å². The maximum absolute atomic E-state index is 12.5. The molecule has 1 aromatic carbocycles. The lowest BCUT2D eigenvalue weighted by atomic mass is 10.0. The van der Waals surface area contributed by atoms with Crippen molar-refractivity contribution in [3.8, 4) is 0 Å². The standard InChI is InChI=1S/C17H23N3O2/c18-16(13-5-2-1-3-6-13)17(22)19-11-8-14(9-12-19)20-10-4-7-15(20)21/h1-3,5-6,14,16H,4,7-12,18H2. The van der Waals surface area contributed by atoms with Crippen molar-refractivity contribution in [1.82, 2.24) is 9.80 Å². The summed E-state index contributed by atoms with van der Waals surface area (Å²) in [6, 6.07) is 9.19. The van der Waals surface area contributed by atoms with Crippen LogP contribution in [0.2, 0.25) is 0 Å². The molecule has 0 bridgehead atoms. The Hall–Kier alpha value is -1.88. The molecule has 0 radical (unpaired) electrons. The van der Waals surface area contributed by atoms with Crippen LogP contribution in [0.5, 0.6) is 0 Å². The molecule has 5 heteroatoms. The zero-order valence-corrected chi connectivity index (χ0v) is 12.8. The Morgan fingerprint density at radius 2 is 1.82 bits per heavy atom. The lowest BCUT2D eigenvalue weighted by Crippen LogP contribution is -2.49. The molecule has 3 rings (SSSR count). The van der Waals surface area contributed by atoms with E-state index in [-0.39, 0.29) is 11.8 Å². The second-order valence-corrected chi connectivity index (χ2v) is 6.14. The molecule has 2 heterocycles. The number of likely N-dealkylation sites (tertiary alicyclic amines) is 2. The smallest absolute Gasteiger partial charge is 0.244 e. The zero-order chi connectivity index (χ0) is 15.5. The highest BCUT2D eigenvalue weighted by atomic mass is 16.2. The van der Waals surface area contributed by atoms with Crippen molar-refractivity contribution in [3.63, 3.8) is 0 Å². The molecule has 2 fully saturated rings. The van der Waals surface area contributed by atoms with Crippen LogP contribution in [-0.2, 0) is 9.59 Å². The van der Waals surface area contributed by atoms with Gasteiger partial charge in [0.05, 0.1) is 0 Å². The van der Waals surface area contributed by atoms with E-state index in [1.165, 1.54) is 0 Å². The molecular weight excluding hydrogens is 278 g/mol. The molecule has 1 aromatic rings. The van der Waals surface area contributed by atoms with Gasteiger partial charge < -0.3 is 15.5 Å². The van der Waals surface area contributed by atoms with Crippen molar-refractivity contribution in [2.24, 2.45) is 5.73 Å². The summed E-state index contributed by atoms with van der Waals surface area (Å²) in [5, 5.41) is 0. The molecule has 2 N–H and O–H groups in total. The topological polar surface area (TPSA) is 66.6 Å². The van der Waals surface area contributed by atoms with Gasteiger partial charge in [-0.15, -0.1) is 0 Å². The van der Waals surface area contributed by atoms with Gasteiger partial charge in [0, 0.05) is 32.1 Å². The lowest BCUT2D eigenvalue weighted by molar-refractivity contribution is -0.135. The van der Waals surface area contributed by atoms with Gasteiger partial charge in [-0.2, -0.15) is 0 Å². The van der Waals surface area contributed by atoms with Crippen molar-refractivity contribution >= 4 is 11.8 Å². The molecule has 1 atom stereocenters. The molecule has 2 aliphatic rings. The SMILES string of the molecule is NC(C(=O)N1CCC(N2CCCC2=O)CC1)c1ccccc1. The number of benzene rings is 1. The van der Waals surface area contributed by atoms with E-state index in [0.29, 0.717) is 25.6 Å². The first-order valence-corrected chi connectivity index (χ1v) is 8.05. The number of hydrogen-bond acceptors (Lipinski definition) is 3. The number of hydrogen-bond donors (Lipinski definition) is 1. The first kappa shape index (κ1) is 15.0. The highest BCUT2D eigenvalue weighted by Crippen LogP contribution is 2.23. The Bertz CT molecular complexity index is 538. The number of nitrogens with zero attached hydrogens (tertiary/aromatic N) is 2. The third kappa shape index (κ3) is 2.99. The number of rotatable bonds is 3. The van der Waals surface area contributed by atoms with Gasteiger partial charge >= 0.3 is 0 Å². The maximum atomic E-state index is 12.5. The van der Waals surface area contributed by atoms with E-state index < -0.39 is 6.04 Å². The van der Waals surface area contributed by atoms with Crippen molar-refractivity contribution in [3.05, 3.63) is 35.9 Å². The van der Waals surface area contributed by atoms with Gasteiger partial charge in [0.25, 0.3) is 0 Å². The number of nitrogens with two attached hydrogens (primary N) is 1. The molecule has 2 aliphatic heterocycles. The summed E-state index contributed by atoms with van der Waals surface area (Å²) in [7, 11) is 0. The Balaban J connectivity index is 1.57. The fourth-order valence-corrected chi connectivity index (χ4v) is 3.45. The largest absolute Gasteiger partial charge is 0.341 e. The Labute approximate surface area is 131 Å². The summed E-state index contributed by atoms with van der Waals surface area (Å²) in [6.07, 6.45) is 3.37. The predicted octanol–water partition coefficient (Wildman–Crippen LogP) is 1.30. The first-order valence-electron chi connectivity index (χ1n) is 8.05. The Kier molecular flexibility index (Phi) is 4.43. The molecule has 0 aliphatic carbocycles. The summed E-state index contributed by atoms with van der Waals surface area (Å²) >= 11 is 0. The molecule has 0 spiro atoms. The summed E-state index contributed by atoms with van der Waals surface area (Å²) in [5.41, 5.74) is 6.94. The number of amides is 2. The molecule has 1 unspecified atom stereocenters. The molecule has 5 nitrogen and oxygen atoms in total. The second-order valence-electron chi connectivity index (χ2n) is 6.14. The average molecular weight is 301 g/mol. The van der Waals surface area contributed by atoms with E-state index in [2.05, 4.69) is 0 Å². The van der Waals surface area contributed by atoms with Gasteiger partial charge in [0.2, 0.25) is 11.8 Å². The average Bonchev–Trinajstić information content (AvgIpc) is 3.00. The van der Waals surface area contributed by atoms with Crippen molar-refractivity contribution in [2.75, 3.05) is 19.6 Å². The van der Waals surface area contributed by atoms with Gasteiger partial charge in [-0.25, -0.2) is 0 Å². The van der Waals surface area contributed by atoms with Crippen LogP contribution in [0.4, 0.5) is 0 Å². The van der Waals surface area contributed by atoms with Crippen LogP contribution in [-0.4, -0.2) is 47.3 Å². The quantitative estimate of drug-likeness (QED) is 0.915. The highest BCUT2D eigenvalue weighted by Gasteiger charge is 2.33. The minimum absolute atomic E-state index is 0.0163. The maximum Gasteiger partial charge on any atom is 0.244 e. The minimum Gasteiger partial charge on any atom is -0.341 e. The van der Waals surface area contributed by atoms with Crippen LogP contribution in [0.25, 0.3) is 0 Å². The van der Waals surface area contributed by atoms with Gasteiger partial charge in [-0.1, -0.05) is 30.3 Å². The molecule has 2 saturated heterocycles. The molecule has 2 amide bonds. The minimum atomic E-state index is -0.592. The van der Waals surface area contributed by atoms with Gasteiger partial charge in [-0.3, -0.25) is 9.59 Å². The Morgan fingerprint density at radius 1 is 1.14 bits per heavy atom. The van der Waals surface area contributed by atoms with Crippen LogP contribution in [0.1, 0.15) is 37.3 Å². The van der Waals surface area contributed by atoms with E-state index in [1.807, 2.05) is 40.1 Å². The fraction of sp³-hybridized carbons (Fsp3) is 0.529. The lowest BCUT2D eigenvalue weighted by Gasteiger charge is -2.37. The van der Waals surface area contributed by atoms with E-state index in [9.17, 15) is 9.59 Å². The molecule has 22 heavy (non-hydrogen) atoms. The van der Waals surface area contributed by atoms with Crippen LogP contribution < -0.4 is 5.73 Å². The molecule has 0 aromatic heterocycles. The van der Waals surface area contributed by atoms with E-state index in [4.69, 9.17) is 5.73 Å². The molecule has 118 valence electrons. The first-order chi connectivity index (χ1) is 10.7. The van der Waals surface area contributed by atoms with E-state index in [1.54, 1.807) is 0 Å². The summed E-state index contributed by atoms with van der Waals surface area (Å²) in [5.74, 6) is 0.253. The van der Waals surface area contributed by atoms with Crippen LogP contribution >= 0.6 is 0 Å². The fourth-order valence-electron chi connectivity index (χ4n) is 3.45. The summed E-state index contributed by atoms with van der Waals surface area (Å²) < 4.78 is 0.